The van der Waals surface area contributed by atoms with Crippen LogP contribution in [0.15, 0.2) is 33.5 Å². The topological polar surface area (TPSA) is 156 Å². The van der Waals surface area contributed by atoms with E-state index in [0.717, 1.165) is 10.9 Å². The van der Waals surface area contributed by atoms with Crippen LogP contribution >= 0.6 is 0 Å². The third-order valence-electron chi connectivity index (χ3n) is 4.96. The van der Waals surface area contributed by atoms with Crippen molar-refractivity contribution in [3.8, 4) is 0 Å². The molecule has 2 aromatic rings. The fourth-order valence-electron chi connectivity index (χ4n) is 3.35. The van der Waals surface area contributed by atoms with E-state index in [1.807, 2.05) is 0 Å². The molecule has 36 heavy (non-hydrogen) atoms. The molecule has 4 amide bonds. The minimum atomic E-state index is -0.907. The van der Waals surface area contributed by atoms with Gasteiger partial charge in [0.2, 0.25) is 17.7 Å². The molecule has 0 bridgehead atoms. The fraction of sp³-hybridized carbons (Fsp3) is 0.480. The lowest BCUT2D eigenvalue weighted by Crippen LogP contribution is -2.48. The number of nitrogens with one attached hydrogen (secondary N) is 4. The SMILES string of the molecule is CC(=O)NCCCC[C@H](NC(=O)CNC(=O)OC(C)(C)C)C(=O)Nc1ccc2c(C)cc(=O)oc2c1. The summed E-state index contributed by atoms with van der Waals surface area (Å²) in [6, 6.07) is 5.43. The largest absolute Gasteiger partial charge is 0.444 e. The summed E-state index contributed by atoms with van der Waals surface area (Å²) < 4.78 is 10.3. The predicted molar refractivity (Wildman–Crippen MR) is 135 cm³/mol. The maximum absolute atomic E-state index is 13.0. The van der Waals surface area contributed by atoms with E-state index < -0.39 is 35.2 Å². The van der Waals surface area contributed by atoms with Crippen LogP contribution in [0.25, 0.3) is 11.0 Å². The van der Waals surface area contributed by atoms with Gasteiger partial charge in [0.15, 0.2) is 0 Å². The molecule has 0 saturated heterocycles. The van der Waals surface area contributed by atoms with Crippen LogP contribution in [0.5, 0.6) is 0 Å². The number of carbonyl (C=O) groups is 4. The first-order chi connectivity index (χ1) is 16.8. The van der Waals surface area contributed by atoms with Crippen molar-refractivity contribution in [3.63, 3.8) is 0 Å². The molecule has 1 atom stereocenters. The smallest absolute Gasteiger partial charge is 0.408 e. The van der Waals surface area contributed by atoms with Gasteiger partial charge in [0.1, 0.15) is 23.8 Å². The lowest BCUT2D eigenvalue weighted by Gasteiger charge is -2.21. The van der Waals surface area contributed by atoms with E-state index in [1.54, 1.807) is 45.9 Å². The summed E-state index contributed by atoms with van der Waals surface area (Å²) in [5.41, 5.74) is 0.265. The molecule has 0 spiro atoms. The van der Waals surface area contributed by atoms with Gasteiger partial charge >= 0.3 is 11.7 Å². The van der Waals surface area contributed by atoms with Crippen molar-refractivity contribution in [2.45, 2.75) is 65.5 Å². The highest BCUT2D eigenvalue weighted by Crippen LogP contribution is 2.21. The Morgan fingerprint density at radius 3 is 2.44 bits per heavy atom. The van der Waals surface area contributed by atoms with Gasteiger partial charge in [0, 0.05) is 36.7 Å². The molecule has 4 N–H and O–H groups in total. The van der Waals surface area contributed by atoms with E-state index in [0.29, 0.717) is 37.1 Å². The van der Waals surface area contributed by atoms with Crippen LogP contribution in [0.4, 0.5) is 10.5 Å². The number of benzene rings is 1. The number of hydrogen-bond donors (Lipinski definition) is 4. The number of alkyl carbamates (subject to hydrolysis) is 1. The summed E-state index contributed by atoms with van der Waals surface area (Å²) in [6.07, 6.45) is 0.701. The van der Waals surface area contributed by atoms with Crippen LogP contribution in [0.3, 0.4) is 0 Å². The van der Waals surface area contributed by atoms with Gasteiger partial charge in [0.25, 0.3) is 0 Å². The molecule has 0 aliphatic heterocycles. The minimum Gasteiger partial charge on any atom is -0.444 e. The van der Waals surface area contributed by atoms with E-state index in [4.69, 9.17) is 9.15 Å². The number of fused-ring (bicyclic) bond motifs is 1. The molecule has 0 aliphatic carbocycles. The van der Waals surface area contributed by atoms with Crippen molar-refractivity contribution >= 4 is 40.5 Å². The maximum Gasteiger partial charge on any atom is 0.408 e. The van der Waals surface area contributed by atoms with Crippen molar-refractivity contribution < 1.29 is 28.3 Å². The Kier molecular flexibility index (Phi) is 10.0. The van der Waals surface area contributed by atoms with Gasteiger partial charge in [0.05, 0.1) is 0 Å². The molecule has 0 saturated carbocycles. The molecule has 0 unspecified atom stereocenters. The van der Waals surface area contributed by atoms with Crippen molar-refractivity contribution in [2.24, 2.45) is 0 Å². The number of hydrogen-bond acceptors (Lipinski definition) is 7. The second-order valence-corrected chi connectivity index (χ2v) is 9.40. The Hall–Kier alpha value is -3.89. The maximum atomic E-state index is 13.0. The third-order valence-corrected chi connectivity index (χ3v) is 4.96. The Morgan fingerprint density at radius 2 is 1.78 bits per heavy atom. The number of anilines is 1. The van der Waals surface area contributed by atoms with Crippen molar-refractivity contribution in [2.75, 3.05) is 18.4 Å². The molecule has 0 fully saturated rings. The first-order valence-electron chi connectivity index (χ1n) is 11.7. The van der Waals surface area contributed by atoms with E-state index >= 15 is 0 Å². The zero-order valence-corrected chi connectivity index (χ0v) is 21.3. The number of rotatable bonds is 10. The molecular formula is C25H34N4O7. The molecule has 11 nitrogen and oxygen atoms in total. The minimum absolute atomic E-state index is 0.149. The van der Waals surface area contributed by atoms with Gasteiger partial charge in [-0.25, -0.2) is 9.59 Å². The number of unbranched alkanes of at least 4 members (excludes halogenated alkanes) is 1. The summed E-state index contributed by atoms with van der Waals surface area (Å²) in [4.78, 5) is 60.0. The van der Waals surface area contributed by atoms with Gasteiger partial charge in [-0.15, -0.1) is 0 Å². The fourth-order valence-corrected chi connectivity index (χ4v) is 3.35. The van der Waals surface area contributed by atoms with Crippen LogP contribution in [0, 0.1) is 6.92 Å². The number of carbonyl (C=O) groups excluding carboxylic acids is 4. The molecule has 196 valence electrons. The number of aryl methyl sites for hydroxylation is 1. The van der Waals surface area contributed by atoms with Crippen molar-refractivity contribution in [1.82, 2.24) is 16.0 Å². The molecule has 11 heteroatoms. The van der Waals surface area contributed by atoms with Crippen LogP contribution < -0.4 is 26.9 Å². The number of amides is 4. The summed E-state index contributed by atoms with van der Waals surface area (Å²) in [5.74, 6) is -1.19. The molecule has 1 aromatic carbocycles. The average Bonchev–Trinajstić information content (AvgIpc) is 2.74. The first-order valence-corrected chi connectivity index (χ1v) is 11.7. The van der Waals surface area contributed by atoms with Crippen LogP contribution in [0.2, 0.25) is 0 Å². The normalized spacial score (nSPS) is 11.9. The molecule has 1 heterocycles. The highest BCUT2D eigenvalue weighted by atomic mass is 16.6. The third kappa shape index (κ3) is 9.77. The quantitative estimate of drug-likeness (QED) is 0.287. The van der Waals surface area contributed by atoms with Crippen LogP contribution in [-0.4, -0.2) is 48.5 Å². The van der Waals surface area contributed by atoms with E-state index in [-0.39, 0.29) is 12.5 Å². The Labute approximate surface area is 209 Å². The van der Waals surface area contributed by atoms with Crippen LogP contribution in [-0.2, 0) is 19.1 Å². The standard InChI is InChI=1S/C25H34N4O7/c1-15-12-22(32)35-20-13-17(9-10-18(15)20)28-23(33)19(8-6-7-11-26-16(2)30)29-21(31)14-27-24(34)36-25(3,4)5/h9-10,12-13,19H,6-8,11,14H2,1-5H3,(H,26,30)(H,27,34)(H,28,33)(H,29,31)/t19-/m0/s1. The van der Waals surface area contributed by atoms with Gasteiger partial charge in [-0.05, 0) is 64.7 Å². The highest BCUT2D eigenvalue weighted by molar-refractivity contribution is 5.99. The lowest BCUT2D eigenvalue weighted by molar-refractivity contribution is -0.126. The predicted octanol–water partition coefficient (Wildman–Crippen LogP) is 2.36. The van der Waals surface area contributed by atoms with E-state index in [9.17, 15) is 24.0 Å². The molecule has 2 rings (SSSR count). The highest BCUT2D eigenvalue weighted by Gasteiger charge is 2.22. The molecule has 1 aromatic heterocycles. The summed E-state index contributed by atoms with van der Waals surface area (Å²) in [5, 5.41) is 11.1. The zero-order chi connectivity index (χ0) is 26.9. The Bertz CT molecular complexity index is 1170. The number of ether oxygens (including phenoxy) is 1. The average molecular weight is 503 g/mol. The molecular weight excluding hydrogens is 468 g/mol. The molecule has 0 aliphatic rings. The zero-order valence-electron chi connectivity index (χ0n) is 21.3. The summed E-state index contributed by atoms with van der Waals surface area (Å²) in [6.45, 7) is 8.39. The van der Waals surface area contributed by atoms with Crippen molar-refractivity contribution in [1.29, 1.82) is 0 Å². The molecule has 0 radical (unpaired) electrons. The van der Waals surface area contributed by atoms with Crippen LogP contribution in [0.1, 0.15) is 52.5 Å². The Morgan fingerprint density at radius 1 is 1.06 bits per heavy atom. The summed E-state index contributed by atoms with van der Waals surface area (Å²) >= 11 is 0. The van der Waals surface area contributed by atoms with E-state index in [2.05, 4.69) is 21.3 Å². The van der Waals surface area contributed by atoms with E-state index in [1.165, 1.54) is 13.0 Å². The van der Waals surface area contributed by atoms with Gasteiger partial charge in [-0.1, -0.05) is 0 Å². The Balaban J connectivity index is 2.06. The van der Waals surface area contributed by atoms with Gasteiger partial charge in [-0.3, -0.25) is 14.4 Å². The monoisotopic (exact) mass is 502 g/mol. The second kappa shape index (κ2) is 12.7. The van der Waals surface area contributed by atoms with Gasteiger partial charge in [-0.2, -0.15) is 0 Å². The van der Waals surface area contributed by atoms with Crippen molar-refractivity contribution in [3.05, 3.63) is 40.2 Å². The lowest BCUT2D eigenvalue weighted by atomic mass is 10.1. The van der Waals surface area contributed by atoms with Gasteiger partial charge < -0.3 is 30.4 Å². The summed E-state index contributed by atoms with van der Waals surface area (Å²) in [7, 11) is 0. The first kappa shape index (κ1) is 28.3. The second-order valence-electron chi connectivity index (χ2n) is 9.40.